The van der Waals surface area contributed by atoms with Crippen molar-refractivity contribution in [1.82, 2.24) is 20.2 Å². The van der Waals surface area contributed by atoms with Gasteiger partial charge in [0.15, 0.2) is 5.69 Å². The molecule has 0 saturated carbocycles. The van der Waals surface area contributed by atoms with E-state index in [1.165, 1.54) is 0 Å². The van der Waals surface area contributed by atoms with Gasteiger partial charge in [0.05, 0.1) is 6.54 Å². The number of hydrogen-bond donors (Lipinski definition) is 1. The first-order valence-electron chi connectivity index (χ1n) is 8.55. The molecule has 1 aromatic carbocycles. The highest BCUT2D eigenvalue weighted by molar-refractivity contribution is 5.74. The van der Waals surface area contributed by atoms with Crippen LogP contribution >= 0.6 is 0 Å². The van der Waals surface area contributed by atoms with E-state index in [0.29, 0.717) is 25.9 Å². The van der Waals surface area contributed by atoms with Crippen LogP contribution in [0.2, 0.25) is 0 Å². The lowest BCUT2D eigenvalue weighted by atomic mass is 10.1. The summed E-state index contributed by atoms with van der Waals surface area (Å²) in [5.41, 5.74) is -0.0752. The van der Waals surface area contributed by atoms with Crippen molar-refractivity contribution >= 4 is 6.03 Å². The standard InChI is InChI=1S/C18H19F3N4O2/c19-18(20,21)15-8-9-22-16(24-15)27-14-7-4-10-25(12-14)17(26)23-11-13-5-2-1-3-6-13/h1-3,5-6,8-9,14H,4,7,10-12H2,(H,23,26). The molecule has 1 fully saturated rings. The number of halogens is 3. The van der Waals surface area contributed by atoms with E-state index in [9.17, 15) is 18.0 Å². The predicted molar refractivity (Wildman–Crippen MR) is 90.9 cm³/mol. The number of hydrogen-bond acceptors (Lipinski definition) is 4. The van der Waals surface area contributed by atoms with E-state index in [1.54, 1.807) is 4.90 Å². The molecular weight excluding hydrogens is 361 g/mol. The van der Waals surface area contributed by atoms with Gasteiger partial charge in [-0.1, -0.05) is 30.3 Å². The lowest BCUT2D eigenvalue weighted by Crippen LogP contribution is -2.48. The number of urea groups is 1. The first kappa shape index (κ1) is 18.9. The molecular formula is C18H19F3N4O2. The Balaban J connectivity index is 1.55. The molecule has 1 aromatic heterocycles. The summed E-state index contributed by atoms with van der Waals surface area (Å²) in [5.74, 6) is 0. The largest absolute Gasteiger partial charge is 0.458 e. The second-order valence-electron chi connectivity index (χ2n) is 6.19. The summed E-state index contributed by atoms with van der Waals surface area (Å²) in [6.45, 7) is 1.22. The number of amides is 2. The number of aromatic nitrogens is 2. The minimum atomic E-state index is -4.56. The molecule has 9 heteroatoms. The fourth-order valence-electron chi connectivity index (χ4n) is 2.81. The van der Waals surface area contributed by atoms with Crippen LogP contribution in [0.25, 0.3) is 0 Å². The number of carbonyl (C=O) groups is 1. The lowest BCUT2D eigenvalue weighted by Gasteiger charge is -2.32. The lowest BCUT2D eigenvalue weighted by molar-refractivity contribution is -0.141. The minimum absolute atomic E-state index is 0.239. The van der Waals surface area contributed by atoms with Gasteiger partial charge in [0.25, 0.3) is 0 Å². The summed E-state index contributed by atoms with van der Waals surface area (Å²) in [7, 11) is 0. The molecule has 3 rings (SSSR count). The van der Waals surface area contributed by atoms with Gasteiger partial charge in [-0.15, -0.1) is 0 Å². The number of nitrogens with zero attached hydrogens (tertiary/aromatic N) is 3. The molecule has 0 radical (unpaired) electrons. The average Bonchev–Trinajstić information content (AvgIpc) is 2.67. The van der Waals surface area contributed by atoms with E-state index >= 15 is 0 Å². The van der Waals surface area contributed by atoms with Crippen molar-refractivity contribution < 1.29 is 22.7 Å². The molecule has 2 aromatic rings. The van der Waals surface area contributed by atoms with Crippen molar-refractivity contribution in [2.75, 3.05) is 13.1 Å². The molecule has 2 amide bonds. The second kappa shape index (κ2) is 8.24. The highest BCUT2D eigenvalue weighted by Gasteiger charge is 2.33. The average molecular weight is 380 g/mol. The summed E-state index contributed by atoms with van der Waals surface area (Å²) in [6.07, 6.45) is -2.70. The Kier molecular flexibility index (Phi) is 5.78. The molecule has 1 unspecified atom stereocenters. The van der Waals surface area contributed by atoms with Crippen molar-refractivity contribution in [3.63, 3.8) is 0 Å². The number of ether oxygens (including phenoxy) is 1. The Morgan fingerprint density at radius 1 is 1.26 bits per heavy atom. The molecule has 6 nitrogen and oxygen atoms in total. The van der Waals surface area contributed by atoms with Crippen LogP contribution in [0, 0.1) is 0 Å². The predicted octanol–water partition coefficient (Wildman–Crippen LogP) is 3.25. The quantitative estimate of drug-likeness (QED) is 0.884. The summed E-state index contributed by atoms with van der Waals surface area (Å²) >= 11 is 0. The maximum atomic E-state index is 12.7. The van der Waals surface area contributed by atoms with Crippen molar-refractivity contribution in [2.24, 2.45) is 0 Å². The van der Waals surface area contributed by atoms with E-state index in [4.69, 9.17) is 4.74 Å². The number of piperidine rings is 1. The SMILES string of the molecule is O=C(NCc1ccccc1)N1CCCC(Oc2nccc(C(F)(F)F)n2)C1. The third kappa shape index (κ3) is 5.32. The monoisotopic (exact) mass is 380 g/mol. The van der Waals surface area contributed by atoms with Gasteiger partial charge in [-0.25, -0.2) is 9.78 Å². The van der Waals surface area contributed by atoms with Crippen molar-refractivity contribution in [3.05, 3.63) is 53.9 Å². The van der Waals surface area contributed by atoms with Gasteiger partial charge in [0.1, 0.15) is 6.10 Å². The van der Waals surface area contributed by atoms with Crippen LogP contribution in [0.1, 0.15) is 24.1 Å². The van der Waals surface area contributed by atoms with Gasteiger partial charge < -0.3 is 15.0 Å². The Bertz CT molecular complexity index is 771. The third-order valence-electron chi connectivity index (χ3n) is 4.15. The zero-order valence-corrected chi connectivity index (χ0v) is 14.4. The topological polar surface area (TPSA) is 67.4 Å². The molecule has 1 aliphatic rings. The van der Waals surface area contributed by atoms with Crippen LogP contribution in [-0.4, -0.2) is 40.1 Å². The molecule has 27 heavy (non-hydrogen) atoms. The summed E-state index contributed by atoms with van der Waals surface area (Å²) in [6, 6.07) is 9.72. The van der Waals surface area contributed by atoms with Gasteiger partial charge in [0.2, 0.25) is 0 Å². The van der Waals surface area contributed by atoms with Gasteiger partial charge in [-0.05, 0) is 24.5 Å². The van der Waals surface area contributed by atoms with Crippen LogP contribution in [0.15, 0.2) is 42.6 Å². The minimum Gasteiger partial charge on any atom is -0.458 e. The van der Waals surface area contributed by atoms with E-state index in [-0.39, 0.29) is 18.6 Å². The fourth-order valence-corrected chi connectivity index (χ4v) is 2.81. The number of benzene rings is 1. The molecule has 2 heterocycles. The van der Waals surface area contributed by atoms with Crippen LogP contribution in [-0.2, 0) is 12.7 Å². The fraction of sp³-hybridized carbons (Fsp3) is 0.389. The molecule has 1 saturated heterocycles. The highest BCUT2D eigenvalue weighted by atomic mass is 19.4. The Morgan fingerprint density at radius 2 is 2.04 bits per heavy atom. The molecule has 0 spiro atoms. The van der Waals surface area contributed by atoms with Crippen LogP contribution in [0.3, 0.4) is 0 Å². The van der Waals surface area contributed by atoms with Gasteiger partial charge in [0, 0.05) is 19.3 Å². The van der Waals surface area contributed by atoms with Gasteiger partial charge in [-0.3, -0.25) is 0 Å². The van der Waals surface area contributed by atoms with Crippen LogP contribution in [0.5, 0.6) is 6.01 Å². The highest BCUT2D eigenvalue weighted by Crippen LogP contribution is 2.28. The van der Waals surface area contributed by atoms with E-state index in [0.717, 1.165) is 17.8 Å². The Hall–Kier alpha value is -2.84. The maximum absolute atomic E-state index is 12.7. The molecule has 1 aliphatic heterocycles. The van der Waals surface area contributed by atoms with E-state index in [2.05, 4.69) is 15.3 Å². The van der Waals surface area contributed by atoms with Crippen molar-refractivity contribution in [1.29, 1.82) is 0 Å². The van der Waals surface area contributed by atoms with Gasteiger partial charge >= 0.3 is 18.2 Å². The molecule has 0 aliphatic carbocycles. The smallest absolute Gasteiger partial charge is 0.433 e. The second-order valence-corrected chi connectivity index (χ2v) is 6.19. The summed E-state index contributed by atoms with van der Waals surface area (Å²) < 4.78 is 43.7. The number of likely N-dealkylation sites (tertiary alicyclic amines) is 1. The van der Waals surface area contributed by atoms with E-state index < -0.39 is 18.0 Å². The number of nitrogens with one attached hydrogen (secondary N) is 1. The number of rotatable bonds is 4. The molecule has 0 bridgehead atoms. The molecule has 1 atom stereocenters. The van der Waals surface area contributed by atoms with Gasteiger partial charge in [-0.2, -0.15) is 18.2 Å². The van der Waals surface area contributed by atoms with Crippen molar-refractivity contribution in [3.8, 4) is 6.01 Å². The molecule has 1 N–H and O–H groups in total. The number of alkyl halides is 3. The van der Waals surface area contributed by atoms with E-state index in [1.807, 2.05) is 30.3 Å². The first-order chi connectivity index (χ1) is 12.9. The first-order valence-corrected chi connectivity index (χ1v) is 8.55. The van der Waals surface area contributed by atoms with Crippen molar-refractivity contribution in [2.45, 2.75) is 31.7 Å². The number of carbonyl (C=O) groups excluding carboxylic acids is 1. The summed E-state index contributed by atoms with van der Waals surface area (Å²) in [4.78, 5) is 21.1. The third-order valence-corrected chi connectivity index (χ3v) is 4.15. The zero-order chi connectivity index (χ0) is 19.3. The van der Waals surface area contributed by atoms with Crippen LogP contribution < -0.4 is 10.1 Å². The Labute approximate surface area is 154 Å². The maximum Gasteiger partial charge on any atom is 0.433 e. The summed E-state index contributed by atoms with van der Waals surface area (Å²) in [5, 5.41) is 2.83. The van der Waals surface area contributed by atoms with Crippen LogP contribution in [0.4, 0.5) is 18.0 Å². The normalized spacial score (nSPS) is 17.4. The zero-order valence-electron chi connectivity index (χ0n) is 14.4. The molecule has 144 valence electrons. The Morgan fingerprint density at radius 3 is 2.78 bits per heavy atom.